The zero-order chi connectivity index (χ0) is 7.84. The fraction of sp³-hybridized carbons (Fsp3) is 0. The molecule has 3 N–H and O–H groups in total. The Morgan fingerprint density at radius 3 is 2.92 bits per heavy atom. The number of hydrogen-bond acceptors (Lipinski definition) is 2. The third-order valence-corrected chi connectivity index (χ3v) is 1.96. The summed E-state index contributed by atoms with van der Waals surface area (Å²) in [6.07, 6.45) is 0. The summed E-state index contributed by atoms with van der Waals surface area (Å²) in [6.45, 7) is 0. The molecular weight excluding hydrogens is 286 g/mol. The number of aromatic amines is 1. The molecule has 0 radical (unpaired) electrons. The molecule has 3 nitrogen and oxygen atoms in total. The number of nitrogens with two attached hydrogens (primary N) is 1. The highest BCUT2D eigenvalue weighted by Gasteiger charge is 1.98. The van der Waals surface area contributed by atoms with Crippen molar-refractivity contribution in [3.05, 3.63) is 22.7 Å². The summed E-state index contributed by atoms with van der Waals surface area (Å²) in [5.41, 5.74) is 7.31. The standard InChI is InChI=1S/C7H6BrN3.BrH/c8-4-1-2-5-6(3-4)11-7(9)10-5;/h1-3H,(H3,9,10,11);1H. The monoisotopic (exact) mass is 291 g/mol. The van der Waals surface area contributed by atoms with Gasteiger partial charge < -0.3 is 10.7 Å². The van der Waals surface area contributed by atoms with Crippen molar-refractivity contribution in [1.29, 1.82) is 0 Å². The van der Waals surface area contributed by atoms with Crippen molar-refractivity contribution >= 4 is 49.9 Å². The molecule has 64 valence electrons. The second-order valence-electron chi connectivity index (χ2n) is 2.28. The first-order chi connectivity index (χ1) is 5.25. The van der Waals surface area contributed by atoms with Crippen LogP contribution in [0.15, 0.2) is 22.7 Å². The van der Waals surface area contributed by atoms with E-state index in [4.69, 9.17) is 5.73 Å². The van der Waals surface area contributed by atoms with Crippen LogP contribution in [-0.4, -0.2) is 9.97 Å². The molecule has 0 spiro atoms. The van der Waals surface area contributed by atoms with Gasteiger partial charge in [0.25, 0.3) is 0 Å². The molecule has 0 atom stereocenters. The molecule has 1 heterocycles. The first-order valence-corrected chi connectivity index (χ1v) is 3.96. The van der Waals surface area contributed by atoms with Crippen LogP contribution in [-0.2, 0) is 0 Å². The van der Waals surface area contributed by atoms with Gasteiger partial charge in [-0.05, 0) is 18.2 Å². The van der Waals surface area contributed by atoms with Crippen LogP contribution in [0.1, 0.15) is 0 Å². The number of benzene rings is 1. The average Bonchev–Trinajstić information content (AvgIpc) is 2.27. The molecule has 12 heavy (non-hydrogen) atoms. The van der Waals surface area contributed by atoms with Crippen molar-refractivity contribution in [3.63, 3.8) is 0 Å². The summed E-state index contributed by atoms with van der Waals surface area (Å²) in [4.78, 5) is 7.00. The number of fused-ring (bicyclic) bond motifs is 1. The average molecular weight is 293 g/mol. The lowest BCUT2D eigenvalue weighted by molar-refractivity contribution is 1.35. The Labute approximate surface area is 88.3 Å². The van der Waals surface area contributed by atoms with E-state index < -0.39 is 0 Å². The Hall–Kier alpha value is -0.550. The van der Waals surface area contributed by atoms with Crippen LogP contribution in [0.4, 0.5) is 5.95 Å². The molecule has 0 bridgehead atoms. The van der Waals surface area contributed by atoms with Crippen LogP contribution in [0.25, 0.3) is 11.0 Å². The number of hydrogen-bond donors (Lipinski definition) is 2. The minimum absolute atomic E-state index is 0. The first-order valence-electron chi connectivity index (χ1n) is 3.16. The lowest BCUT2D eigenvalue weighted by Gasteiger charge is -1.87. The molecule has 1 aromatic carbocycles. The molecule has 1 aromatic heterocycles. The van der Waals surface area contributed by atoms with Crippen LogP contribution in [0.3, 0.4) is 0 Å². The summed E-state index contributed by atoms with van der Waals surface area (Å²) < 4.78 is 1.01. The Morgan fingerprint density at radius 2 is 2.17 bits per heavy atom. The second-order valence-corrected chi connectivity index (χ2v) is 3.20. The maximum Gasteiger partial charge on any atom is 0.198 e. The summed E-state index contributed by atoms with van der Waals surface area (Å²) in [5.74, 6) is 0.457. The highest BCUT2D eigenvalue weighted by molar-refractivity contribution is 9.10. The van der Waals surface area contributed by atoms with E-state index >= 15 is 0 Å². The Morgan fingerprint density at radius 1 is 1.42 bits per heavy atom. The van der Waals surface area contributed by atoms with Crippen molar-refractivity contribution < 1.29 is 0 Å². The van der Waals surface area contributed by atoms with Gasteiger partial charge in [0.05, 0.1) is 11.0 Å². The van der Waals surface area contributed by atoms with Gasteiger partial charge in [-0.15, -0.1) is 17.0 Å². The van der Waals surface area contributed by atoms with Crippen molar-refractivity contribution in [2.24, 2.45) is 0 Å². The molecule has 0 saturated heterocycles. The quantitative estimate of drug-likeness (QED) is 0.784. The van der Waals surface area contributed by atoms with Crippen molar-refractivity contribution in [3.8, 4) is 0 Å². The fourth-order valence-corrected chi connectivity index (χ4v) is 1.35. The smallest absolute Gasteiger partial charge is 0.198 e. The normalized spacial score (nSPS) is 9.75. The van der Waals surface area contributed by atoms with Gasteiger partial charge >= 0.3 is 0 Å². The molecule has 2 aromatic rings. The Bertz CT molecular complexity index is 396. The van der Waals surface area contributed by atoms with Crippen molar-refractivity contribution in [1.82, 2.24) is 9.97 Å². The zero-order valence-corrected chi connectivity index (χ0v) is 9.34. The van der Waals surface area contributed by atoms with Crippen LogP contribution < -0.4 is 5.73 Å². The van der Waals surface area contributed by atoms with E-state index in [0.29, 0.717) is 5.95 Å². The predicted molar refractivity (Wildman–Crippen MR) is 58.5 cm³/mol. The third kappa shape index (κ3) is 1.61. The maximum absolute atomic E-state index is 5.46. The van der Waals surface area contributed by atoms with Gasteiger partial charge in [-0.1, -0.05) is 15.9 Å². The molecule has 0 fully saturated rings. The highest BCUT2D eigenvalue weighted by Crippen LogP contribution is 2.17. The van der Waals surface area contributed by atoms with Gasteiger partial charge in [0.2, 0.25) is 0 Å². The van der Waals surface area contributed by atoms with E-state index in [0.717, 1.165) is 15.5 Å². The number of rotatable bonds is 0. The number of anilines is 1. The van der Waals surface area contributed by atoms with Crippen LogP contribution >= 0.6 is 32.9 Å². The van der Waals surface area contributed by atoms with Gasteiger partial charge in [-0.25, -0.2) is 4.98 Å². The minimum atomic E-state index is 0. The van der Waals surface area contributed by atoms with E-state index in [9.17, 15) is 0 Å². The third-order valence-electron chi connectivity index (χ3n) is 1.46. The number of nitrogens with one attached hydrogen (secondary N) is 1. The Kier molecular flexibility index (Phi) is 2.74. The Balaban J connectivity index is 0.000000720. The van der Waals surface area contributed by atoms with Gasteiger partial charge in [-0.3, -0.25) is 0 Å². The summed E-state index contributed by atoms with van der Waals surface area (Å²) in [5, 5.41) is 0. The summed E-state index contributed by atoms with van der Waals surface area (Å²) >= 11 is 3.35. The van der Waals surface area contributed by atoms with Gasteiger partial charge in [-0.2, -0.15) is 0 Å². The van der Waals surface area contributed by atoms with E-state index in [-0.39, 0.29) is 17.0 Å². The van der Waals surface area contributed by atoms with E-state index in [1.54, 1.807) is 0 Å². The van der Waals surface area contributed by atoms with E-state index in [2.05, 4.69) is 25.9 Å². The molecule has 0 unspecified atom stereocenters. The second kappa shape index (κ2) is 3.45. The maximum atomic E-state index is 5.46. The van der Waals surface area contributed by atoms with Crippen LogP contribution in [0.5, 0.6) is 0 Å². The predicted octanol–water partition coefficient (Wildman–Crippen LogP) is 2.49. The number of nitrogens with zero attached hydrogens (tertiary/aromatic N) is 1. The van der Waals surface area contributed by atoms with Crippen LogP contribution in [0, 0.1) is 0 Å². The van der Waals surface area contributed by atoms with Gasteiger partial charge in [0.15, 0.2) is 5.95 Å². The number of H-pyrrole nitrogens is 1. The molecule has 2 rings (SSSR count). The molecule has 0 aliphatic rings. The van der Waals surface area contributed by atoms with Crippen molar-refractivity contribution in [2.45, 2.75) is 0 Å². The van der Waals surface area contributed by atoms with Crippen molar-refractivity contribution in [2.75, 3.05) is 5.73 Å². The summed E-state index contributed by atoms with van der Waals surface area (Å²) in [7, 11) is 0. The topological polar surface area (TPSA) is 54.7 Å². The molecule has 0 aliphatic heterocycles. The molecule has 0 saturated carbocycles. The lowest BCUT2D eigenvalue weighted by Crippen LogP contribution is -1.84. The molecule has 0 amide bonds. The SMILES string of the molecule is Br.Nc1nc2cc(Br)ccc2[nH]1. The molecule has 5 heteroatoms. The minimum Gasteiger partial charge on any atom is -0.369 e. The number of nitrogen functional groups attached to an aromatic ring is 1. The highest BCUT2D eigenvalue weighted by atomic mass is 79.9. The number of aromatic nitrogens is 2. The first kappa shape index (κ1) is 9.54. The fourth-order valence-electron chi connectivity index (χ4n) is 0.999. The van der Waals surface area contributed by atoms with E-state index in [1.807, 2.05) is 18.2 Å². The van der Waals surface area contributed by atoms with Gasteiger partial charge in [0, 0.05) is 4.47 Å². The lowest BCUT2D eigenvalue weighted by atomic mass is 10.3. The van der Waals surface area contributed by atoms with E-state index in [1.165, 1.54) is 0 Å². The molecule has 0 aliphatic carbocycles. The molecular formula is C7H7Br2N3. The number of halogens is 2. The van der Waals surface area contributed by atoms with Crippen LogP contribution in [0.2, 0.25) is 0 Å². The number of imidazole rings is 1. The summed E-state index contributed by atoms with van der Waals surface area (Å²) in [6, 6.07) is 5.80. The largest absolute Gasteiger partial charge is 0.369 e. The zero-order valence-electron chi connectivity index (χ0n) is 6.04. The van der Waals surface area contributed by atoms with Gasteiger partial charge in [0.1, 0.15) is 0 Å².